The summed E-state index contributed by atoms with van der Waals surface area (Å²) in [5.74, 6) is 0.0196. The molecule has 92 valence electrons. The molecule has 0 aliphatic rings. The summed E-state index contributed by atoms with van der Waals surface area (Å²) in [6, 6.07) is 5.42. The number of aliphatic hydroxyl groups excluding tert-OH is 1. The van der Waals surface area contributed by atoms with E-state index in [4.69, 9.17) is 10.4 Å². The van der Waals surface area contributed by atoms with Crippen molar-refractivity contribution in [3.8, 4) is 6.07 Å². The highest BCUT2D eigenvalue weighted by Crippen LogP contribution is 2.17. The number of nitrogens with one attached hydrogen (secondary N) is 1. The number of rotatable bonds is 4. The maximum absolute atomic E-state index is 11.9. The second-order valence-electron chi connectivity index (χ2n) is 3.40. The van der Waals surface area contributed by atoms with Crippen molar-refractivity contribution < 1.29 is 9.90 Å². The topological polar surface area (TPSA) is 90.9 Å². The van der Waals surface area contributed by atoms with Crippen LogP contribution in [0.5, 0.6) is 0 Å². The van der Waals surface area contributed by atoms with Gasteiger partial charge >= 0.3 is 0 Å². The molecule has 0 unspecified atom stereocenters. The minimum atomic E-state index is -0.291. The predicted molar refractivity (Wildman–Crippen MR) is 66.3 cm³/mol. The molecule has 0 aliphatic heterocycles. The Hall–Kier alpha value is -2.17. The zero-order valence-electron chi connectivity index (χ0n) is 9.33. The van der Waals surface area contributed by atoms with Crippen molar-refractivity contribution in [1.82, 2.24) is 9.78 Å². The van der Waals surface area contributed by atoms with E-state index < -0.39 is 0 Å². The maximum atomic E-state index is 11.9. The molecular weight excluding hydrogens is 252 g/mol. The van der Waals surface area contributed by atoms with Crippen LogP contribution in [0.2, 0.25) is 0 Å². The minimum absolute atomic E-state index is 0.117. The van der Waals surface area contributed by atoms with Gasteiger partial charge in [0.2, 0.25) is 0 Å². The molecule has 18 heavy (non-hydrogen) atoms. The lowest BCUT2D eigenvalue weighted by Gasteiger charge is -2.07. The molecule has 0 radical (unpaired) electrons. The fourth-order valence-corrected chi connectivity index (χ4v) is 2.06. The van der Waals surface area contributed by atoms with E-state index in [-0.39, 0.29) is 24.6 Å². The number of anilines is 1. The van der Waals surface area contributed by atoms with Crippen molar-refractivity contribution in [2.45, 2.75) is 6.54 Å². The van der Waals surface area contributed by atoms with Gasteiger partial charge in [-0.25, -0.2) is 4.68 Å². The van der Waals surface area contributed by atoms with E-state index in [9.17, 15) is 4.79 Å². The molecule has 0 saturated heterocycles. The lowest BCUT2D eigenvalue weighted by atomic mass is 10.3. The standard InChI is InChI=1S/C11H10N4O2S/c12-6-8-7-13-15(3-4-16)10(8)14-11(17)9-2-1-5-18-9/h1-2,5,7,16H,3-4H2,(H,14,17). The number of hydrogen-bond acceptors (Lipinski definition) is 5. The van der Waals surface area contributed by atoms with E-state index in [1.165, 1.54) is 22.2 Å². The third-order valence-electron chi connectivity index (χ3n) is 2.25. The Bertz CT molecular complexity index is 583. The Labute approximate surface area is 107 Å². The second-order valence-corrected chi connectivity index (χ2v) is 4.34. The van der Waals surface area contributed by atoms with E-state index in [1.54, 1.807) is 17.5 Å². The van der Waals surface area contributed by atoms with Crippen molar-refractivity contribution in [2.75, 3.05) is 11.9 Å². The maximum Gasteiger partial charge on any atom is 0.266 e. The van der Waals surface area contributed by atoms with Gasteiger partial charge in [-0.1, -0.05) is 6.07 Å². The first-order valence-corrected chi connectivity index (χ1v) is 6.06. The SMILES string of the molecule is N#Cc1cnn(CCO)c1NC(=O)c1cccs1. The first kappa shape index (κ1) is 12.3. The van der Waals surface area contributed by atoms with Crippen LogP contribution in [0.1, 0.15) is 15.2 Å². The quantitative estimate of drug-likeness (QED) is 0.862. The molecule has 2 aromatic heterocycles. The van der Waals surface area contributed by atoms with E-state index in [1.807, 2.05) is 6.07 Å². The fourth-order valence-electron chi connectivity index (χ4n) is 1.44. The van der Waals surface area contributed by atoms with Gasteiger partial charge in [0.25, 0.3) is 5.91 Å². The first-order chi connectivity index (χ1) is 8.76. The van der Waals surface area contributed by atoms with Crippen LogP contribution >= 0.6 is 11.3 Å². The molecule has 7 heteroatoms. The fraction of sp³-hybridized carbons (Fsp3) is 0.182. The van der Waals surface area contributed by atoms with E-state index in [0.29, 0.717) is 10.7 Å². The molecule has 2 aromatic rings. The van der Waals surface area contributed by atoms with Gasteiger partial charge in [0, 0.05) is 0 Å². The van der Waals surface area contributed by atoms with Gasteiger partial charge < -0.3 is 10.4 Å². The van der Waals surface area contributed by atoms with Gasteiger partial charge in [-0.3, -0.25) is 4.79 Å². The lowest BCUT2D eigenvalue weighted by Crippen LogP contribution is -2.16. The van der Waals surface area contributed by atoms with Crippen LogP contribution in [0, 0.1) is 11.3 Å². The predicted octanol–water partition coefficient (Wildman–Crippen LogP) is 1.06. The first-order valence-electron chi connectivity index (χ1n) is 5.18. The molecule has 0 aromatic carbocycles. The van der Waals surface area contributed by atoms with Crippen LogP contribution in [0.15, 0.2) is 23.7 Å². The largest absolute Gasteiger partial charge is 0.394 e. The van der Waals surface area contributed by atoms with Crippen molar-refractivity contribution in [3.63, 3.8) is 0 Å². The number of nitrogens with zero attached hydrogens (tertiary/aromatic N) is 3. The molecule has 0 saturated carbocycles. The zero-order valence-corrected chi connectivity index (χ0v) is 10.1. The van der Waals surface area contributed by atoms with Gasteiger partial charge in [-0.15, -0.1) is 11.3 Å². The summed E-state index contributed by atoms with van der Waals surface area (Å²) in [5.41, 5.74) is 0.272. The Morgan fingerprint density at radius 3 is 3.11 bits per heavy atom. The van der Waals surface area contributed by atoms with E-state index >= 15 is 0 Å². The summed E-state index contributed by atoms with van der Waals surface area (Å²) in [7, 11) is 0. The Morgan fingerprint density at radius 1 is 1.67 bits per heavy atom. The molecule has 6 nitrogen and oxygen atoms in total. The normalized spacial score (nSPS) is 10.0. The number of hydrogen-bond donors (Lipinski definition) is 2. The summed E-state index contributed by atoms with van der Waals surface area (Å²) in [6.07, 6.45) is 1.36. The van der Waals surface area contributed by atoms with Crippen LogP contribution in [0.25, 0.3) is 0 Å². The smallest absolute Gasteiger partial charge is 0.266 e. The van der Waals surface area contributed by atoms with E-state index in [0.717, 1.165) is 0 Å². The monoisotopic (exact) mass is 262 g/mol. The van der Waals surface area contributed by atoms with Crippen molar-refractivity contribution >= 4 is 23.1 Å². The average Bonchev–Trinajstić information content (AvgIpc) is 3.00. The summed E-state index contributed by atoms with van der Waals surface area (Å²) in [4.78, 5) is 12.4. The summed E-state index contributed by atoms with van der Waals surface area (Å²) in [5, 5.41) is 26.2. The van der Waals surface area contributed by atoms with Crippen LogP contribution < -0.4 is 5.32 Å². The molecule has 1 amide bonds. The Kier molecular flexibility index (Phi) is 3.72. The van der Waals surface area contributed by atoms with Gasteiger partial charge in [-0.05, 0) is 11.4 Å². The molecule has 0 bridgehead atoms. The third kappa shape index (κ3) is 2.40. The van der Waals surface area contributed by atoms with Gasteiger partial charge in [0.15, 0.2) is 0 Å². The molecule has 0 fully saturated rings. The molecular formula is C11H10N4O2S. The van der Waals surface area contributed by atoms with Gasteiger partial charge in [-0.2, -0.15) is 10.4 Å². The summed E-state index contributed by atoms with van der Waals surface area (Å²) in [6.45, 7) is 0.107. The number of carbonyl (C=O) groups excluding carboxylic acids is 1. The highest BCUT2D eigenvalue weighted by Gasteiger charge is 2.15. The number of thiophene rings is 1. The number of nitriles is 1. The van der Waals surface area contributed by atoms with Gasteiger partial charge in [0.1, 0.15) is 17.5 Å². The average molecular weight is 262 g/mol. The lowest BCUT2D eigenvalue weighted by molar-refractivity contribution is 0.102. The number of amides is 1. The van der Waals surface area contributed by atoms with E-state index in [2.05, 4.69) is 10.4 Å². The number of aliphatic hydroxyl groups is 1. The summed E-state index contributed by atoms with van der Waals surface area (Å²) < 4.78 is 1.39. The van der Waals surface area contributed by atoms with Crippen LogP contribution in [0.3, 0.4) is 0 Å². The zero-order chi connectivity index (χ0) is 13.0. The second kappa shape index (κ2) is 5.44. The summed E-state index contributed by atoms with van der Waals surface area (Å²) >= 11 is 1.31. The molecule has 0 atom stereocenters. The van der Waals surface area contributed by atoms with Crippen LogP contribution in [0.4, 0.5) is 5.82 Å². The highest BCUT2D eigenvalue weighted by molar-refractivity contribution is 7.12. The molecule has 2 heterocycles. The molecule has 2 rings (SSSR count). The van der Waals surface area contributed by atoms with Crippen LogP contribution in [-0.2, 0) is 6.54 Å². The molecule has 2 N–H and O–H groups in total. The van der Waals surface area contributed by atoms with Gasteiger partial charge in [0.05, 0.1) is 24.2 Å². The van der Waals surface area contributed by atoms with Crippen molar-refractivity contribution in [2.24, 2.45) is 0 Å². The Morgan fingerprint density at radius 2 is 2.50 bits per heavy atom. The number of aromatic nitrogens is 2. The van der Waals surface area contributed by atoms with Crippen LogP contribution in [-0.4, -0.2) is 27.4 Å². The van der Waals surface area contributed by atoms with Crippen molar-refractivity contribution in [1.29, 1.82) is 5.26 Å². The minimum Gasteiger partial charge on any atom is -0.394 e. The third-order valence-corrected chi connectivity index (χ3v) is 3.12. The number of carbonyl (C=O) groups is 1. The Balaban J connectivity index is 2.25. The molecule has 0 spiro atoms. The molecule has 0 aliphatic carbocycles. The highest BCUT2D eigenvalue weighted by atomic mass is 32.1. The van der Waals surface area contributed by atoms with Crippen molar-refractivity contribution in [3.05, 3.63) is 34.2 Å².